The van der Waals surface area contributed by atoms with E-state index in [0.29, 0.717) is 24.9 Å². The highest BCUT2D eigenvalue weighted by Gasteiger charge is 2.39. The number of ether oxygens (including phenoxy) is 1. The van der Waals surface area contributed by atoms with Gasteiger partial charge < -0.3 is 20.3 Å². The van der Waals surface area contributed by atoms with E-state index in [4.69, 9.17) is 4.74 Å². The van der Waals surface area contributed by atoms with Gasteiger partial charge in [-0.05, 0) is 68.8 Å². The number of piperidine rings is 2. The van der Waals surface area contributed by atoms with Crippen LogP contribution in [0.4, 0.5) is 4.79 Å². The fourth-order valence-electron chi connectivity index (χ4n) is 5.28. The minimum Gasteiger partial charge on any atom is -0.497 e. The molecule has 3 fully saturated rings. The molecular weight excluding hydrogens is 408 g/mol. The molecular formula is C24H34N4O4. The number of fused-ring (bicyclic) bond motifs is 1. The molecule has 0 radical (unpaired) electrons. The van der Waals surface area contributed by atoms with Crippen molar-refractivity contribution in [2.45, 2.75) is 57.0 Å². The number of nitrogens with zero attached hydrogens (tertiary/aromatic N) is 2. The summed E-state index contributed by atoms with van der Waals surface area (Å²) in [5.41, 5.74) is 1.01. The lowest BCUT2D eigenvalue weighted by atomic mass is 9.83. The maximum absolute atomic E-state index is 12.7. The van der Waals surface area contributed by atoms with Gasteiger partial charge in [0.05, 0.1) is 13.5 Å². The number of nitrogens with one attached hydrogen (secondary N) is 2. The predicted molar refractivity (Wildman–Crippen MR) is 120 cm³/mol. The highest BCUT2D eigenvalue weighted by atomic mass is 16.5. The van der Waals surface area contributed by atoms with Gasteiger partial charge in [-0.15, -0.1) is 0 Å². The molecule has 0 bridgehead atoms. The molecule has 32 heavy (non-hydrogen) atoms. The summed E-state index contributed by atoms with van der Waals surface area (Å²) < 4.78 is 5.15. The minimum absolute atomic E-state index is 0.00922. The smallest absolute Gasteiger partial charge is 0.324 e. The molecule has 3 aliphatic rings. The third kappa shape index (κ3) is 5.23. The third-order valence-electron chi connectivity index (χ3n) is 7.07. The van der Waals surface area contributed by atoms with Crippen LogP contribution >= 0.6 is 0 Å². The van der Waals surface area contributed by atoms with Gasteiger partial charge in [0, 0.05) is 19.1 Å². The molecule has 0 unspecified atom stereocenters. The number of hydrogen-bond acceptors (Lipinski definition) is 5. The first-order valence-electron chi connectivity index (χ1n) is 11.8. The molecule has 2 N–H and O–H groups in total. The van der Waals surface area contributed by atoms with Crippen molar-refractivity contribution in [1.29, 1.82) is 0 Å². The topological polar surface area (TPSA) is 91.0 Å². The van der Waals surface area contributed by atoms with Gasteiger partial charge in [-0.25, -0.2) is 4.79 Å². The quantitative estimate of drug-likeness (QED) is 0.601. The number of methoxy groups -OCH3 is 1. The normalized spacial score (nSPS) is 25.9. The molecule has 0 spiro atoms. The number of benzene rings is 1. The van der Waals surface area contributed by atoms with Gasteiger partial charge in [0.15, 0.2) is 0 Å². The average molecular weight is 443 g/mol. The van der Waals surface area contributed by atoms with Crippen LogP contribution in [0.2, 0.25) is 0 Å². The molecule has 3 saturated heterocycles. The van der Waals surface area contributed by atoms with E-state index < -0.39 is 12.1 Å². The standard InChI is InChI=1S/C24H34N4O4/c1-32-19-9-7-17(8-10-19)11-14-28-23(30)20(26-24(28)31)15-22(29)25-16-18-5-4-13-27-12-3-2-6-21(18)27/h7-10,18,20-21H,2-6,11-16H2,1H3,(H,25,29)(H,26,31)/t18-,20-,21+/m0/s1. The Balaban J connectivity index is 1.23. The Morgan fingerprint density at radius 1 is 1.12 bits per heavy atom. The number of imide groups is 1. The molecule has 0 aliphatic carbocycles. The Morgan fingerprint density at radius 3 is 2.69 bits per heavy atom. The maximum atomic E-state index is 12.7. The zero-order valence-corrected chi connectivity index (χ0v) is 18.8. The number of amides is 4. The number of hydrogen-bond donors (Lipinski definition) is 2. The molecule has 3 atom stereocenters. The Morgan fingerprint density at radius 2 is 1.91 bits per heavy atom. The summed E-state index contributed by atoms with van der Waals surface area (Å²) in [6.07, 6.45) is 6.61. The van der Waals surface area contributed by atoms with E-state index in [9.17, 15) is 14.4 Å². The minimum atomic E-state index is -0.782. The second-order valence-corrected chi connectivity index (χ2v) is 9.10. The molecule has 0 saturated carbocycles. The van der Waals surface area contributed by atoms with Gasteiger partial charge >= 0.3 is 6.03 Å². The summed E-state index contributed by atoms with van der Waals surface area (Å²) in [5.74, 6) is 0.741. The summed E-state index contributed by atoms with van der Waals surface area (Å²) in [7, 11) is 1.61. The molecule has 3 heterocycles. The number of carbonyl (C=O) groups is 3. The Kier molecular flexibility index (Phi) is 7.29. The molecule has 8 nitrogen and oxygen atoms in total. The molecule has 3 aliphatic heterocycles. The number of carbonyl (C=O) groups excluding carboxylic acids is 3. The summed E-state index contributed by atoms with van der Waals surface area (Å²) in [5, 5.41) is 5.70. The van der Waals surface area contributed by atoms with Crippen LogP contribution in [-0.4, -0.2) is 73.0 Å². The number of rotatable bonds is 8. The van der Waals surface area contributed by atoms with Crippen molar-refractivity contribution < 1.29 is 19.1 Å². The lowest BCUT2D eigenvalue weighted by molar-refractivity contribution is -0.131. The lowest BCUT2D eigenvalue weighted by Crippen LogP contribution is -2.51. The van der Waals surface area contributed by atoms with E-state index in [1.54, 1.807) is 7.11 Å². The Bertz CT molecular complexity index is 826. The third-order valence-corrected chi connectivity index (χ3v) is 7.07. The van der Waals surface area contributed by atoms with Crippen molar-refractivity contribution >= 4 is 17.8 Å². The first kappa shape index (κ1) is 22.6. The molecule has 4 rings (SSSR count). The van der Waals surface area contributed by atoms with Crippen molar-refractivity contribution in [2.24, 2.45) is 5.92 Å². The second-order valence-electron chi connectivity index (χ2n) is 9.10. The fourth-order valence-corrected chi connectivity index (χ4v) is 5.28. The SMILES string of the molecule is COc1ccc(CCN2C(=O)N[C@@H](CC(=O)NC[C@@H]3CCCN4CCCC[C@H]34)C2=O)cc1. The van der Waals surface area contributed by atoms with E-state index in [0.717, 1.165) is 17.7 Å². The monoisotopic (exact) mass is 442 g/mol. The second kappa shape index (κ2) is 10.3. The van der Waals surface area contributed by atoms with Crippen LogP contribution in [0.5, 0.6) is 5.75 Å². The van der Waals surface area contributed by atoms with E-state index in [2.05, 4.69) is 15.5 Å². The van der Waals surface area contributed by atoms with E-state index in [1.165, 1.54) is 43.7 Å². The fraction of sp³-hybridized carbons (Fsp3) is 0.625. The average Bonchev–Trinajstić information content (AvgIpc) is 3.08. The highest BCUT2D eigenvalue weighted by Crippen LogP contribution is 2.30. The maximum Gasteiger partial charge on any atom is 0.324 e. The van der Waals surface area contributed by atoms with Gasteiger partial charge in [-0.1, -0.05) is 18.6 Å². The van der Waals surface area contributed by atoms with Crippen LogP contribution in [0.15, 0.2) is 24.3 Å². The van der Waals surface area contributed by atoms with Crippen molar-refractivity contribution in [3.05, 3.63) is 29.8 Å². The van der Waals surface area contributed by atoms with Crippen molar-refractivity contribution in [3.63, 3.8) is 0 Å². The molecule has 174 valence electrons. The lowest BCUT2D eigenvalue weighted by Gasteiger charge is -2.44. The molecule has 1 aromatic rings. The zero-order valence-electron chi connectivity index (χ0n) is 18.8. The van der Waals surface area contributed by atoms with Gasteiger partial charge in [0.25, 0.3) is 5.91 Å². The van der Waals surface area contributed by atoms with Crippen LogP contribution in [0.25, 0.3) is 0 Å². The molecule has 0 aromatic heterocycles. The zero-order chi connectivity index (χ0) is 22.5. The van der Waals surface area contributed by atoms with Gasteiger partial charge in [-0.3, -0.25) is 14.5 Å². The summed E-state index contributed by atoms with van der Waals surface area (Å²) in [6, 6.07) is 6.91. The summed E-state index contributed by atoms with van der Waals surface area (Å²) >= 11 is 0. The van der Waals surface area contributed by atoms with Crippen LogP contribution in [0.1, 0.15) is 44.1 Å². The molecule has 1 aromatic carbocycles. The van der Waals surface area contributed by atoms with Crippen LogP contribution in [-0.2, 0) is 16.0 Å². The highest BCUT2D eigenvalue weighted by molar-refractivity contribution is 6.05. The van der Waals surface area contributed by atoms with Crippen LogP contribution in [0, 0.1) is 5.92 Å². The first-order chi connectivity index (χ1) is 15.5. The van der Waals surface area contributed by atoms with Crippen molar-refractivity contribution in [1.82, 2.24) is 20.4 Å². The van der Waals surface area contributed by atoms with Crippen LogP contribution in [0.3, 0.4) is 0 Å². The Hall–Kier alpha value is -2.61. The van der Waals surface area contributed by atoms with Gasteiger partial charge in [0.1, 0.15) is 11.8 Å². The predicted octanol–water partition coefficient (Wildman–Crippen LogP) is 1.93. The van der Waals surface area contributed by atoms with Crippen molar-refractivity contribution in [3.8, 4) is 5.75 Å². The largest absolute Gasteiger partial charge is 0.497 e. The van der Waals surface area contributed by atoms with Gasteiger partial charge in [-0.2, -0.15) is 0 Å². The molecule has 8 heteroatoms. The number of urea groups is 1. The summed E-state index contributed by atoms with van der Waals surface area (Å²) in [6.45, 7) is 3.28. The van der Waals surface area contributed by atoms with E-state index >= 15 is 0 Å². The van der Waals surface area contributed by atoms with Crippen LogP contribution < -0.4 is 15.4 Å². The van der Waals surface area contributed by atoms with E-state index in [1.807, 2.05) is 24.3 Å². The van der Waals surface area contributed by atoms with Crippen molar-refractivity contribution in [2.75, 3.05) is 33.3 Å². The van der Waals surface area contributed by atoms with Gasteiger partial charge in [0.2, 0.25) is 5.91 Å². The first-order valence-corrected chi connectivity index (χ1v) is 11.8. The summed E-state index contributed by atoms with van der Waals surface area (Å²) in [4.78, 5) is 41.3. The Labute approximate surface area is 189 Å². The van der Waals surface area contributed by atoms with E-state index in [-0.39, 0.29) is 24.8 Å². The molecule has 4 amide bonds.